The number of aromatic nitrogens is 2. The van der Waals surface area contributed by atoms with Crippen molar-refractivity contribution in [2.45, 2.75) is 63.2 Å². The van der Waals surface area contributed by atoms with E-state index in [4.69, 9.17) is 39.4 Å². The Bertz CT molecular complexity index is 1330. The van der Waals surface area contributed by atoms with Gasteiger partial charge in [-0.3, -0.25) is 4.90 Å². The molecule has 0 unspecified atom stereocenters. The molecule has 3 aliphatic rings. The molecule has 4 heterocycles. The van der Waals surface area contributed by atoms with Crippen LogP contribution in [0.3, 0.4) is 0 Å². The van der Waals surface area contributed by atoms with Gasteiger partial charge >= 0.3 is 36.4 Å². The third-order valence-electron chi connectivity index (χ3n) is 8.19. The Labute approximate surface area is 280 Å². The van der Waals surface area contributed by atoms with E-state index in [0.29, 0.717) is 0 Å². The highest BCUT2D eigenvalue weighted by atomic mass is 19.4. The van der Waals surface area contributed by atoms with E-state index in [0.717, 1.165) is 38.8 Å². The predicted molar refractivity (Wildman–Crippen MR) is 157 cm³/mol. The summed E-state index contributed by atoms with van der Waals surface area (Å²) in [7, 11) is 0. The average Bonchev–Trinajstić information content (AvgIpc) is 3.48. The minimum atomic E-state index is -5.08. The molecule has 0 saturated carbocycles. The fourth-order valence-electron chi connectivity index (χ4n) is 5.79. The van der Waals surface area contributed by atoms with E-state index in [2.05, 4.69) is 57.8 Å². The molecule has 2 saturated heterocycles. The molecule has 1 aromatic carbocycles. The van der Waals surface area contributed by atoms with Crippen LogP contribution < -0.4 is 0 Å². The molecule has 50 heavy (non-hydrogen) atoms. The smallest absolute Gasteiger partial charge is 0.475 e. The number of fused-ring (bicyclic) bond motifs is 2. The van der Waals surface area contributed by atoms with Gasteiger partial charge in [0.1, 0.15) is 5.82 Å². The monoisotopic (exact) mass is 736 g/mol. The van der Waals surface area contributed by atoms with Crippen molar-refractivity contribution in [2.24, 2.45) is 5.92 Å². The fraction of sp³-hybridized carbons (Fsp3) is 0.600. The van der Waals surface area contributed by atoms with Crippen molar-refractivity contribution in [3.63, 3.8) is 0 Å². The average molecular weight is 737 g/mol. The number of carboxylic acid groups (broad SMARTS) is 3. The molecule has 3 N–H and O–H groups in total. The van der Waals surface area contributed by atoms with Gasteiger partial charge in [0, 0.05) is 45.9 Å². The van der Waals surface area contributed by atoms with Crippen LogP contribution in [-0.4, -0.2) is 117 Å². The number of nitrogens with zero attached hydrogens (tertiary/aromatic N) is 4. The number of halogens is 9. The lowest BCUT2D eigenvalue weighted by atomic mass is 9.82. The van der Waals surface area contributed by atoms with Crippen molar-refractivity contribution in [2.75, 3.05) is 45.9 Å². The van der Waals surface area contributed by atoms with Crippen molar-refractivity contribution >= 4 is 17.9 Å². The van der Waals surface area contributed by atoms with Crippen LogP contribution in [0.2, 0.25) is 0 Å². The highest BCUT2D eigenvalue weighted by Crippen LogP contribution is 2.42. The van der Waals surface area contributed by atoms with Crippen LogP contribution in [0.5, 0.6) is 0 Å². The van der Waals surface area contributed by atoms with E-state index in [9.17, 15) is 39.5 Å². The van der Waals surface area contributed by atoms with Crippen LogP contribution in [-0.2, 0) is 31.2 Å². The van der Waals surface area contributed by atoms with Crippen LogP contribution in [0.25, 0.3) is 11.3 Å². The number of carbonyl (C=O) groups is 3. The number of rotatable bonds is 4. The molecule has 5 rings (SSSR count). The number of likely N-dealkylation sites (tertiary alicyclic amines) is 1. The lowest BCUT2D eigenvalue weighted by molar-refractivity contribution is -0.193. The summed E-state index contributed by atoms with van der Waals surface area (Å²) in [4.78, 5) is 37.1. The van der Waals surface area contributed by atoms with Gasteiger partial charge in [-0.15, -0.1) is 0 Å². The summed E-state index contributed by atoms with van der Waals surface area (Å²) in [6.07, 6.45) is -8.30. The van der Waals surface area contributed by atoms with Gasteiger partial charge in [0.15, 0.2) is 0 Å². The van der Waals surface area contributed by atoms with Crippen LogP contribution >= 0.6 is 0 Å². The summed E-state index contributed by atoms with van der Waals surface area (Å²) in [5, 5.41) is 21.4. The summed E-state index contributed by atoms with van der Waals surface area (Å²) in [5.74, 6) is -6.15. The maximum Gasteiger partial charge on any atom is 0.490 e. The van der Waals surface area contributed by atoms with Crippen molar-refractivity contribution < 1.29 is 74.0 Å². The van der Waals surface area contributed by atoms with Crippen molar-refractivity contribution in [1.82, 2.24) is 19.4 Å². The first-order valence-corrected chi connectivity index (χ1v) is 15.2. The SMILES string of the molecule is CCN1CCn2c(-c3ccccc3)cnc2C12CCN(CC1CCOCC1)CC2.O=C(O)C(F)(F)F.O=C(O)C(F)(F)F.O=C(O)C(F)(F)F. The topological polar surface area (TPSA) is 145 Å². The molecule has 0 amide bonds. The summed E-state index contributed by atoms with van der Waals surface area (Å²) in [5.41, 5.74) is 2.66. The van der Waals surface area contributed by atoms with Gasteiger partial charge in [0.05, 0.1) is 17.4 Å². The largest absolute Gasteiger partial charge is 0.490 e. The van der Waals surface area contributed by atoms with Crippen LogP contribution in [0.1, 0.15) is 38.4 Å². The Hall–Kier alpha value is -3.91. The molecular weight excluding hydrogens is 699 g/mol. The first-order chi connectivity index (χ1) is 23.1. The minimum absolute atomic E-state index is 0.103. The molecular formula is C30H37F9N4O7. The summed E-state index contributed by atoms with van der Waals surface area (Å²) >= 11 is 0. The Kier molecular flexibility index (Phi) is 15.1. The fourth-order valence-corrected chi connectivity index (χ4v) is 5.79. The van der Waals surface area contributed by atoms with Crippen molar-refractivity contribution in [3.8, 4) is 11.3 Å². The molecule has 11 nitrogen and oxygen atoms in total. The van der Waals surface area contributed by atoms with Gasteiger partial charge in [-0.1, -0.05) is 37.3 Å². The highest BCUT2D eigenvalue weighted by Gasteiger charge is 2.47. The standard InChI is InChI=1S/C24H34N4O.3C2HF3O2/c1-2-27-14-15-28-22(21-6-4-3-5-7-21)18-25-23(28)24(27)10-12-26(13-11-24)19-20-8-16-29-17-9-20;3*3-2(4,5)1(6)7/h3-7,18,20H,2,8-17,19H2,1H3;3*(H,6,7). The molecule has 0 bridgehead atoms. The van der Waals surface area contributed by atoms with Gasteiger partial charge in [0.25, 0.3) is 0 Å². The second-order valence-corrected chi connectivity index (χ2v) is 11.4. The molecule has 2 fully saturated rings. The lowest BCUT2D eigenvalue weighted by Crippen LogP contribution is -2.58. The van der Waals surface area contributed by atoms with Crippen molar-refractivity contribution in [3.05, 3.63) is 42.4 Å². The van der Waals surface area contributed by atoms with E-state index in [1.807, 2.05) is 0 Å². The number of imidazole rings is 1. The number of piperidine rings is 1. The van der Waals surface area contributed by atoms with Crippen LogP contribution in [0.15, 0.2) is 36.5 Å². The molecule has 1 aromatic heterocycles. The second-order valence-electron chi connectivity index (χ2n) is 11.4. The quantitative estimate of drug-likeness (QED) is 0.344. The van der Waals surface area contributed by atoms with Gasteiger partial charge < -0.3 is 29.5 Å². The molecule has 0 radical (unpaired) electrons. The minimum Gasteiger partial charge on any atom is -0.475 e. The van der Waals surface area contributed by atoms with E-state index < -0.39 is 36.4 Å². The summed E-state index contributed by atoms with van der Waals surface area (Å²) in [6, 6.07) is 10.8. The second kappa shape index (κ2) is 17.8. The predicted octanol–water partition coefficient (Wildman–Crippen LogP) is 5.50. The maximum atomic E-state index is 10.6. The first kappa shape index (κ1) is 42.3. The zero-order valence-electron chi connectivity index (χ0n) is 26.7. The number of benzene rings is 1. The molecule has 2 aromatic rings. The maximum absolute atomic E-state index is 10.6. The molecule has 1 spiro atoms. The Morgan fingerprint density at radius 2 is 1.26 bits per heavy atom. The van der Waals surface area contributed by atoms with Gasteiger partial charge in [0.2, 0.25) is 0 Å². The number of hydrogen-bond acceptors (Lipinski definition) is 7. The van der Waals surface area contributed by atoms with Crippen LogP contribution in [0.4, 0.5) is 39.5 Å². The van der Waals surface area contributed by atoms with Gasteiger partial charge in [-0.25, -0.2) is 19.4 Å². The summed E-state index contributed by atoms with van der Waals surface area (Å²) < 4.78 is 103. The number of likely N-dealkylation sites (N-methyl/N-ethyl adjacent to an activating group) is 1. The molecule has 3 aliphatic heterocycles. The Balaban J connectivity index is 0.000000338. The molecule has 20 heteroatoms. The lowest BCUT2D eigenvalue weighted by Gasteiger charge is -2.51. The molecule has 282 valence electrons. The Morgan fingerprint density at radius 1 is 0.800 bits per heavy atom. The van der Waals surface area contributed by atoms with E-state index >= 15 is 0 Å². The number of ether oxygens (including phenoxy) is 1. The third-order valence-corrected chi connectivity index (χ3v) is 8.19. The van der Waals surface area contributed by atoms with Crippen LogP contribution in [0, 0.1) is 5.92 Å². The zero-order valence-corrected chi connectivity index (χ0v) is 26.7. The zero-order chi connectivity index (χ0) is 37.9. The molecule has 0 atom stereocenters. The van der Waals surface area contributed by atoms with E-state index in [1.54, 1.807) is 0 Å². The number of aliphatic carboxylic acids is 3. The number of alkyl halides is 9. The van der Waals surface area contributed by atoms with E-state index in [1.165, 1.54) is 62.4 Å². The summed E-state index contributed by atoms with van der Waals surface area (Å²) in [6.45, 7) is 11.1. The molecule has 0 aliphatic carbocycles. The number of hydrogen-bond donors (Lipinski definition) is 3. The first-order valence-electron chi connectivity index (χ1n) is 15.2. The third kappa shape index (κ3) is 12.1. The van der Waals surface area contributed by atoms with Gasteiger partial charge in [-0.2, -0.15) is 39.5 Å². The van der Waals surface area contributed by atoms with Gasteiger partial charge in [-0.05, 0) is 43.7 Å². The highest BCUT2D eigenvalue weighted by molar-refractivity contribution is 5.73. The van der Waals surface area contributed by atoms with E-state index in [-0.39, 0.29) is 5.54 Å². The normalized spacial score (nSPS) is 18.3. The number of carboxylic acids is 3. The van der Waals surface area contributed by atoms with Crippen molar-refractivity contribution in [1.29, 1.82) is 0 Å². The Morgan fingerprint density at radius 3 is 1.68 bits per heavy atom.